The van der Waals surface area contributed by atoms with Crippen molar-refractivity contribution < 1.29 is 13.9 Å². The monoisotopic (exact) mass is 243 g/mol. The smallest absolute Gasteiger partial charge is 0.129 e. The summed E-state index contributed by atoms with van der Waals surface area (Å²) in [6.07, 6.45) is 0. The summed E-state index contributed by atoms with van der Waals surface area (Å²) < 4.78 is 23.5. The third kappa shape index (κ3) is 3.75. The van der Waals surface area contributed by atoms with Crippen molar-refractivity contribution in [2.24, 2.45) is 5.73 Å². The molecule has 3 nitrogen and oxygen atoms in total. The van der Waals surface area contributed by atoms with Gasteiger partial charge >= 0.3 is 0 Å². The summed E-state index contributed by atoms with van der Waals surface area (Å²) in [4.78, 5) is 0.117. The Hall–Kier alpha value is -1.20. The van der Waals surface area contributed by atoms with Gasteiger partial charge in [-0.1, -0.05) is 12.2 Å². The predicted octanol–water partition coefficient (Wildman–Crippen LogP) is 1.88. The van der Waals surface area contributed by atoms with Crippen molar-refractivity contribution in [1.82, 2.24) is 0 Å². The lowest BCUT2D eigenvalue weighted by molar-refractivity contribution is 0.110. The zero-order chi connectivity index (χ0) is 12.0. The van der Waals surface area contributed by atoms with Crippen LogP contribution in [0.2, 0.25) is 0 Å². The van der Waals surface area contributed by atoms with Gasteiger partial charge in [0.15, 0.2) is 0 Å². The fourth-order valence-corrected chi connectivity index (χ4v) is 1.34. The van der Waals surface area contributed by atoms with Crippen LogP contribution >= 0.6 is 12.2 Å². The van der Waals surface area contributed by atoms with E-state index in [0.717, 1.165) is 0 Å². The van der Waals surface area contributed by atoms with Gasteiger partial charge in [-0.15, -0.1) is 0 Å². The molecule has 0 saturated heterocycles. The summed E-state index contributed by atoms with van der Waals surface area (Å²) in [5, 5.41) is 0. The second-order valence-corrected chi connectivity index (χ2v) is 3.49. The van der Waals surface area contributed by atoms with Gasteiger partial charge in [0.25, 0.3) is 0 Å². The van der Waals surface area contributed by atoms with Gasteiger partial charge in [-0.3, -0.25) is 0 Å². The summed E-state index contributed by atoms with van der Waals surface area (Å²) in [5.74, 6) is 0.0913. The highest BCUT2D eigenvalue weighted by Crippen LogP contribution is 2.19. The van der Waals surface area contributed by atoms with Crippen LogP contribution in [0.1, 0.15) is 12.5 Å². The molecule has 1 aromatic rings. The molecule has 0 saturated carbocycles. The first-order valence-electron chi connectivity index (χ1n) is 4.95. The molecule has 0 unspecified atom stereocenters. The maximum Gasteiger partial charge on any atom is 0.129 e. The van der Waals surface area contributed by atoms with Crippen LogP contribution in [-0.2, 0) is 4.74 Å². The van der Waals surface area contributed by atoms with Crippen molar-refractivity contribution in [3.05, 3.63) is 29.6 Å². The summed E-state index contributed by atoms with van der Waals surface area (Å²) >= 11 is 4.81. The minimum atomic E-state index is -0.389. The second kappa shape index (κ2) is 6.40. The van der Waals surface area contributed by atoms with E-state index in [1.165, 1.54) is 18.2 Å². The van der Waals surface area contributed by atoms with Gasteiger partial charge < -0.3 is 15.2 Å². The molecule has 0 bridgehead atoms. The van der Waals surface area contributed by atoms with E-state index in [9.17, 15) is 4.39 Å². The molecule has 5 heteroatoms. The molecule has 0 radical (unpaired) electrons. The Bertz CT molecular complexity index is 371. The van der Waals surface area contributed by atoms with E-state index in [1.807, 2.05) is 6.92 Å². The molecule has 0 spiro atoms. The molecule has 0 aromatic heterocycles. The summed E-state index contributed by atoms with van der Waals surface area (Å²) in [6, 6.07) is 4.08. The number of thiocarbonyl (C=S) groups is 1. The molecule has 1 aromatic carbocycles. The van der Waals surface area contributed by atoms with Crippen LogP contribution in [0.3, 0.4) is 0 Å². The molecule has 0 amide bonds. The Morgan fingerprint density at radius 1 is 1.44 bits per heavy atom. The highest BCUT2D eigenvalue weighted by Gasteiger charge is 2.07. The van der Waals surface area contributed by atoms with E-state index < -0.39 is 0 Å². The minimum absolute atomic E-state index is 0.117. The van der Waals surface area contributed by atoms with Crippen LogP contribution < -0.4 is 10.5 Å². The van der Waals surface area contributed by atoms with Crippen molar-refractivity contribution in [3.8, 4) is 5.75 Å². The third-order valence-corrected chi connectivity index (χ3v) is 2.12. The quantitative estimate of drug-likeness (QED) is 0.612. The average molecular weight is 243 g/mol. The van der Waals surface area contributed by atoms with Crippen molar-refractivity contribution in [3.63, 3.8) is 0 Å². The summed E-state index contributed by atoms with van der Waals surface area (Å²) in [7, 11) is 0. The van der Waals surface area contributed by atoms with E-state index in [2.05, 4.69) is 0 Å². The topological polar surface area (TPSA) is 44.5 Å². The lowest BCUT2D eigenvalue weighted by Crippen LogP contribution is -2.14. The fourth-order valence-electron chi connectivity index (χ4n) is 1.18. The van der Waals surface area contributed by atoms with Crippen molar-refractivity contribution in [2.75, 3.05) is 19.8 Å². The normalized spacial score (nSPS) is 10.1. The predicted molar refractivity (Wildman–Crippen MR) is 64.3 cm³/mol. The number of hydrogen-bond donors (Lipinski definition) is 1. The van der Waals surface area contributed by atoms with Gasteiger partial charge in [-0.05, 0) is 25.1 Å². The van der Waals surface area contributed by atoms with E-state index >= 15 is 0 Å². The van der Waals surface area contributed by atoms with E-state index in [1.54, 1.807) is 0 Å². The van der Waals surface area contributed by atoms with Crippen molar-refractivity contribution in [1.29, 1.82) is 0 Å². The van der Waals surface area contributed by atoms with Gasteiger partial charge in [0.05, 0.1) is 12.2 Å². The lowest BCUT2D eigenvalue weighted by Gasteiger charge is -2.10. The van der Waals surface area contributed by atoms with Crippen molar-refractivity contribution in [2.45, 2.75) is 6.92 Å². The van der Waals surface area contributed by atoms with Crippen molar-refractivity contribution >= 4 is 17.2 Å². The van der Waals surface area contributed by atoms with E-state index in [0.29, 0.717) is 31.1 Å². The zero-order valence-corrected chi connectivity index (χ0v) is 9.85. The standard InChI is InChI=1S/C11H14FNO2S/c1-2-14-5-6-15-10-4-3-8(12)7-9(10)11(13)16/h3-4,7H,2,5-6H2,1H3,(H2,13,16). The van der Waals surface area contributed by atoms with E-state index in [-0.39, 0.29) is 10.8 Å². The van der Waals surface area contributed by atoms with Crippen LogP contribution in [0.25, 0.3) is 0 Å². The first kappa shape index (κ1) is 12.9. The number of rotatable bonds is 6. The van der Waals surface area contributed by atoms with Gasteiger partial charge in [0.2, 0.25) is 0 Å². The summed E-state index contributed by atoms with van der Waals surface area (Å²) in [5.41, 5.74) is 5.88. The van der Waals surface area contributed by atoms with Crippen LogP contribution in [-0.4, -0.2) is 24.8 Å². The maximum absolute atomic E-state index is 13.0. The van der Waals surface area contributed by atoms with Gasteiger partial charge in [0, 0.05) is 6.61 Å². The average Bonchev–Trinajstić information content (AvgIpc) is 2.26. The molecule has 0 aliphatic rings. The molecule has 0 fully saturated rings. The molecule has 1 rings (SSSR count). The van der Waals surface area contributed by atoms with Crippen LogP contribution in [0.15, 0.2) is 18.2 Å². The molecular weight excluding hydrogens is 229 g/mol. The Morgan fingerprint density at radius 2 is 2.19 bits per heavy atom. The Morgan fingerprint density at radius 3 is 2.81 bits per heavy atom. The van der Waals surface area contributed by atoms with E-state index in [4.69, 9.17) is 27.4 Å². The second-order valence-electron chi connectivity index (χ2n) is 3.05. The minimum Gasteiger partial charge on any atom is -0.490 e. The first-order valence-corrected chi connectivity index (χ1v) is 5.36. The largest absolute Gasteiger partial charge is 0.490 e. The number of halogens is 1. The molecule has 16 heavy (non-hydrogen) atoms. The molecule has 0 heterocycles. The Kier molecular flexibility index (Phi) is 5.14. The van der Waals surface area contributed by atoms with Gasteiger partial charge in [-0.25, -0.2) is 4.39 Å². The molecule has 88 valence electrons. The first-order chi connectivity index (χ1) is 7.65. The number of benzene rings is 1. The fraction of sp³-hybridized carbons (Fsp3) is 0.364. The lowest BCUT2D eigenvalue weighted by atomic mass is 10.2. The van der Waals surface area contributed by atoms with Gasteiger partial charge in [-0.2, -0.15) is 0 Å². The molecular formula is C11H14FNO2S. The van der Waals surface area contributed by atoms with Crippen LogP contribution in [0, 0.1) is 5.82 Å². The molecule has 0 aliphatic carbocycles. The highest BCUT2D eigenvalue weighted by molar-refractivity contribution is 7.80. The Labute approximate surface area is 99.3 Å². The molecule has 2 N–H and O–H groups in total. The third-order valence-electron chi connectivity index (χ3n) is 1.90. The molecule has 0 atom stereocenters. The van der Waals surface area contributed by atoms with Crippen LogP contribution in [0.4, 0.5) is 4.39 Å². The molecule has 0 aliphatic heterocycles. The number of hydrogen-bond acceptors (Lipinski definition) is 3. The number of ether oxygens (including phenoxy) is 2. The maximum atomic E-state index is 13.0. The SMILES string of the molecule is CCOCCOc1ccc(F)cc1C(N)=S. The highest BCUT2D eigenvalue weighted by atomic mass is 32.1. The van der Waals surface area contributed by atoms with Crippen LogP contribution in [0.5, 0.6) is 5.75 Å². The number of nitrogens with two attached hydrogens (primary N) is 1. The van der Waals surface area contributed by atoms with Gasteiger partial charge in [0.1, 0.15) is 23.2 Å². The Balaban J connectivity index is 2.67. The summed E-state index contributed by atoms with van der Waals surface area (Å²) in [6.45, 7) is 3.40. The zero-order valence-electron chi connectivity index (χ0n) is 9.03.